The summed E-state index contributed by atoms with van der Waals surface area (Å²) in [5.74, 6) is 0. The van der Waals surface area contributed by atoms with Crippen molar-refractivity contribution in [3.8, 4) is 6.07 Å². The van der Waals surface area contributed by atoms with Gasteiger partial charge < -0.3 is 0 Å². The lowest BCUT2D eigenvalue weighted by atomic mass is 10.3. The van der Waals surface area contributed by atoms with E-state index in [0.717, 1.165) is 0 Å². The topological polar surface area (TPSA) is 65.6 Å². The molecule has 1 heterocycles. The fourth-order valence-corrected chi connectivity index (χ4v) is 0.643. The van der Waals surface area contributed by atoms with Gasteiger partial charge in [0.05, 0.1) is 6.21 Å². The predicted molar refractivity (Wildman–Crippen MR) is 34.7 cm³/mol. The Morgan fingerprint density at radius 1 is 1.78 bits per heavy atom. The predicted octanol–water partition coefficient (Wildman–Crippen LogP) is -0.664. The average Bonchev–Trinajstić information content (AvgIpc) is 2.33. The molecule has 4 nitrogen and oxygen atoms in total. The molecule has 1 aliphatic heterocycles. The standard InChI is InChI=1S/C4HN3OS/c5-1-3-4(9-8)2-6-7-3/h2H. The van der Waals surface area contributed by atoms with Gasteiger partial charge in [-0.3, -0.25) is 0 Å². The van der Waals surface area contributed by atoms with Gasteiger partial charge in [0.2, 0.25) is 0 Å². The van der Waals surface area contributed by atoms with Crippen molar-refractivity contribution < 1.29 is 4.21 Å². The second kappa shape index (κ2) is 2.33. The second-order valence-corrected chi connectivity index (χ2v) is 1.86. The van der Waals surface area contributed by atoms with Crippen molar-refractivity contribution in [3.05, 3.63) is 0 Å². The first-order valence-corrected chi connectivity index (χ1v) is 2.81. The molecule has 0 amide bonds. The van der Waals surface area contributed by atoms with Crippen LogP contribution in [0, 0.1) is 11.3 Å². The van der Waals surface area contributed by atoms with Crippen LogP contribution in [0.25, 0.3) is 0 Å². The summed E-state index contributed by atoms with van der Waals surface area (Å²) in [7, 11) is 0. The molecule has 0 saturated heterocycles. The van der Waals surface area contributed by atoms with E-state index in [4.69, 9.17) is 5.26 Å². The summed E-state index contributed by atoms with van der Waals surface area (Å²) in [6.07, 6.45) is 1.27. The third kappa shape index (κ3) is 0.925. The van der Waals surface area contributed by atoms with Crippen molar-refractivity contribution in [3.63, 3.8) is 0 Å². The smallest absolute Gasteiger partial charge is 0.185 e. The number of hydrogen-bond donors (Lipinski definition) is 0. The van der Waals surface area contributed by atoms with E-state index in [1.165, 1.54) is 6.21 Å². The van der Waals surface area contributed by atoms with E-state index >= 15 is 0 Å². The van der Waals surface area contributed by atoms with Crippen LogP contribution in [-0.4, -0.2) is 21.0 Å². The van der Waals surface area contributed by atoms with Crippen LogP contribution in [0.4, 0.5) is 0 Å². The number of nitriles is 1. The van der Waals surface area contributed by atoms with Crippen molar-refractivity contribution in [1.29, 1.82) is 5.26 Å². The largest absolute Gasteiger partial charge is 0.212 e. The second-order valence-electron chi connectivity index (χ2n) is 1.25. The molecule has 9 heavy (non-hydrogen) atoms. The maximum absolute atomic E-state index is 10.1. The van der Waals surface area contributed by atoms with Crippen molar-refractivity contribution in [2.45, 2.75) is 0 Å². The molecule has 0 saturated carbocycles. The Morgan fingerprint density at radius 3 is 3.00 bits per heavy atom. The molecule has 0 aromatic heterocycles. The molecule has 0 bridgehead atoms. The maximum atomic E-state index is 10.1. The molecule has 0 fully saturated rings. The van der Waals surface area contributed by atoms with Gasteiger partial charge in [-0.1, -0.05) is 0 Å². The molecule has 0 aliphatic carbocycles. The van der Waals surface area contributed by atoms with E-state index in [0.29, 0.717) is 0 Å². The Morgan fingerprint density at radius 2 is 2.56 bits per heavy atom. The molecule has 0 unspecified atom stereocenters. The van der Waals surface area contributed by atoms with Crippen molar-refractivity contribution in [2.75, 3.05) is 0 Å². The highest BCUT2D eigenvalue weighted by molar-refractivity contribution is 7.70. The summed E-state index contributed by atoms with van der Waals surface area (Å²) in [5, 5.41) is 15.0. The van der Waals surface area contributed by atoms with Crippen molar-refractivity contribution >= 4 is 28.0 Å². The van der Waals surface area contributed by atoms with E-state index in [9.17, 15) is 4.21 Å². The molecule has 1 rings (SSSR count). The summed E-state index contributed by atoms with van der Waals surface area (Å²) in [5.41, 5.74) is 0.106. The lowest BCUT2D eigenvalue weighted by Gasteiger charge is -1.74. The van der Waals surface area contributed by atoms with E-state index in [1.54, 1.807) is 6.07 Å². The van der Waals surface area contributed by atoms with E-state index in [-0.39, 0.29) is 21.8 Å². The van der Waals surface area contributed by atoms with Crippen LogP contribution in [-0.2, 0) is 11.3 Å². The minimum Gasteiger partial charge on any atom is -0.212 e. The van der Waals surface area contributed by atoms with Gasteiger partial charge in [0.15, 0.2) is 5.71 Å². The van der Waals surface area contributed by atoms with Crippen LogP contribution in [0.15, 0.2) is 10.2 Å². The molecule has 0 radical (unpaired) electrons. The van der Waals surface area contributed by atoms with E-state index < -0.39 is 0 Å². The Bertz CT molecular complexity index is 279. The van der Waals surface area contributed by atoms with E-state index in [1.807, 2.05) is 0 Å². The Labute approximate surface area is 54.6 Å². The van der Waals surface area contributed by atoms with E-state index in [2.05, 4.69) is 10.2 Å². The number of rotatable bonds is 0. The lowest BCUT2D eigenvalue weighted by molar-refractivity contribution is 0.701. The van der Waals surface area contributed by atoms with Gasteiger partial charge in [0.1, 0.15) is 22.2 Å². The average molecular weight is 139 g/mol. The number of hydrogen-bond acceptors (Lipinski definition) is 4. The van der Waals surface area contributed by atoms with Gasteiger partial charge >= 0.3 is 0 Å². The summed E-state index contributed by atoms with van der Waals surface area (Å²) in [6, 6.07) is 1.73. The van der Waals surface area contributed by atoms with Crippen LogP contribution >= 0.6 is 0 Å². The lowest BCUT2D eigenvalue weighted by Crippen LogP contribution is -2.07. The third-order valence-electron chi connectivity index (χ3n) is 0.762. The molecule has 0 N–H and O–H groups in total. The molecule has 44 valence electrons. The highest BCUT2D eigenvalue weighted by Crippen LogP contribution is 1.88. The van der Waals surface area contributed by atoms with Crippen LogP contribution in [0.2, 0.25) is 0 Å². The molecule has 1 aliphatic rings. The minimum atomic E-state index is 0.106. The summed E-state index contributed by atoms with van der Waals surface area (Å²) in [4.78, 5) is 0.289. The van der Waals surface area contributed by atoms with Crippen LogP contribution in [0.3, 0.4) is 0 Å². The molecule has 0 atom stereocenters. The zero-order chi connectivity index (χ0) is 6.69. The van der Waals surface area contributed by atoms with Crippen molar-refractivity contribution in [1.82, 2.24) is 0 Å². The fourth-order valence-electron chi connectivity index (χ4n) is 0.388. The Kier molecular flexibility index (Phi) is 1.51. The first-order chi connectivity index (χ1) is 4.38. The van der Waals surface area contributed by atoms with Gasteiger partial charge in [-0.15, -0.1) is 5.10 Å². The molecule has 0 aromatic carbocycles. The summed E-state index contributed by atoms with van der Waals surface area (Å²) in [6.45, 7) is 0. The number of nitrogens with zero attached hydrogens (tertiary/aromatic N) is 3. The summed E-state index contributed by atoms with van der Waals surface area (Å²) < 4.78 is 10.1. The third-order valence-corrected chi connectivity index (χ3v) is 1.24. The van der Waals surface area contributed by atoms with Crippen molar-refractivity contribution in [2.24, 2.45) is 10.2 Å². The first kappa shape index (κ1) is 5.85. The minimum absolute atomic E-state index is 0.106. The first-order valence-electron chi connectivity index (χ1n) is 2.06. The van der Waals surface area contributed by atoms with Crippen LogP contribution < -0.4 is 0 Å². The zero-order valence-electron chi connectivity index (χ0n) is 4.24. The molecule has 0 aromatic rings. The molecule has 5 heteroatoms. The molecular formula is C4HN3OS. The Hall–Kier alpha value is -1.28. The highest BCUT2D eigenvalue weighted by atomic mass is 32.1. The quantitative estimate of drug-likeness (QED) is 0.418. The fraction of sp³-hybridized carbons (Fsp3) is 0. The summed E-state index contributed by atoms with van der Waals surface area (Å²) >= 11 is 0.229. The SMILES string of the molecule is N#CC1=NN=CC1=S=O. The van der Waals surface area contributed by atoms with Crippen LogP contribution in [0.1, 0.15) is 0 Å². The monoisotopic (exact) mass is 139 g/mol. The normalized spacial score (nSPS) is 15.0. The molecular weight excluding hydrogens is 138 g/mol. The molecule has 0 spiro atoms. The van der Waals surface area contributed by atoms with Gasteiger partial charge in [-0.2, -0.15) is 10.4 Å². The zero-order valence-corrected chi connectivity index (χ0v) is 5.05. The maximum Gasteiger partial charge on any atom is 0.185 e. The van der Waals surface area contributed by atoms with Gasteiger partial charge in [0.25, 0.3) is 0 Å². The van der Waals surface area contributed by atoms with Gasteiger partial charge in [-0.25, -0.2) is 4.21 Å². The van der Waals surface area contributed by atoms with Crippen LogP contribution in [0.5, 0.6) is 0 Å². The van der Waals surface area contributed by atoms with Gasteiger partial charge in [0, 0.05) is 0 Å². The Balaban J connectivity index is 3.09. The highest BCUT2D eigenvalue weighted by Gasteiger charge is 2.09. The van der Waals surface area contributed by atoms with Gasteiger partial charge in [-0.05, 0) is 0 Å².